The Kier molecular flexibility index (Phi) is 5.67. The lowest BCUT2D eigenvalue weighted by Crippen LogP contribution is -2.22. The molecule has 0 unspecified atom stereocenters. The van der Waals surface area contributed by atoms with Gasteiger partial charge in [-0.2, -0.15) is 0 Å². The molecule has 1 N–H and O–H groups in total. The maximum atomic E-state index is 12.5. The number of carbonyl (C=O) groups excluding carboxylic acids is 1. The second-order valence-corrected chi connectivity index (χ2v) is 7.98. The fourth-order valence-electron chi connectivity index (χ4n) is 2.79. The third-order valence-corrected chi connectivity index (χ3v) is 5.06. The van der Waals surface area contributed by atoms with Gasteiger partial charge in [-0.3, -0.25) is 10.1 Å². The van der Waals surface area contributed by atoms with Crippen molar-refractivity contribution in [3.8, 4) is 17.2 Å². The van der Waals surface area contributed by atoms with Crippen molar-refractivity contribution in [3.63, 3.8) is 0 Å². The molecule has 4 rings (SSSR count). The highest BCUT2D eigenvalue weighted by Crippen LogP contribution is 2.36. The summed E-state index contributed by atoms with van der Waals surface area (Å²) < 4.78 is 17.4. The number of thiazole rings is 1. The molecule has 150 valence electrons. The summed E-state index contributed by atoms with van der Waals surface area (Å²) in [5.74, 6) is 2.41. The van der Waals surface area contributed by atoms with Gasteiger partial charge in [0.05, 0.1) is 12.3 Å². The number of fused-ring (bicyclic) bond motifs is 1. The van der Waals surface area contributed by atoms with Gasteiger partial charge in [0.25, 0.3) is 5.91 Å². The lowest BCUT2D eigenvalue weighted by atomic mass is 10.2. The van der Waals surface area contributed by atoms with E-state index in [9.17, 15) is 4.79 Å². The maximum Gasteiger partial charge on any atom is 0.257 e. The van der Waals surface area contributed by atoms with Crippen molar-refractivity contribution in [3.05, 3.63) is 65.2 Å². The lowest BCUT2D eigenvalue weighted by Gasteiger charge is -2.25. The molecule has 2 aromatic carbocycles. The summed E-state index contributed by atoms with van der Waals surface area (Å²) in [7, 11) is 0. The first-order valence-electron chi connectivity index (χ1n) is 9.46. The van der Waals surface area contributed by atoms with Crippen LogP contribution in [0.5, 0.6) is 17.2 Å². The number of benzene rings is 2. The molecule has 29 heavy (non-hydrogen) atoms. The third kappa shape index (κ3) is 4.68. The molecule has 1 amide bonds. The lowest BCUT2D eigenvalue weighted by molar-refractivity contribution is 0.0888. The number of hydrogen-bond donors (Lipinski definition) is 1. The number of para-hydroxylation sites is 2. The number of rotatable bonds is 6. The minimum absolute atomic E-state index is 0.215. The third-order valence-electron chi connectivity index (χ3n) is 4.28. The zero-order valence-electron chi connectivity index (χ0n) is 16.3. The Morgan fingerprint density at radius 1 is 1.21 bits per heavy atom. The normalized spacial score (nSPS) is 15.2. The molecular weight excluding hydrogens is 388 g/mol. The van der Waals surface area contributed by atoms with E-state index < -0.39 is 0 Å². The van der Waals surface area contributed by atoms with Crippen LogP contribution in [0.1, 0.15) is 36.0 Å². The first-order valence-corrected chi connectivity index (χ1v) is 10.3. The summed E-state index contributed by atoms with van der Waals surface area (Å²) in [5, 5.41) is 5.23. The SMILES string of the molecule is CC(C)COc1ccc(C(=O)Nc2nc([C@@H]3COc4ccccc4O3)cs2)cc1. The molecule has 0 saturated heterocycles. The molecule has 0 bridgehead atoms. The second-order valence-electron chi connectivity index (χ2n) is 7.13. The fraction of sp³-hybridized carbons (Fsp3) is 0.273. The number of aromatic nitrogens is 1. The summed E-state index contributed by atoms with van der Waals surface area (Å²) in [4.78, 5) is 17.0. The van der Waals surface area contributed by atoms with Gasteiger partial charge in [-0.15, -0.1) is 11.3 Å². The Balaban J connectivity index is 1.37. The number of ether oxygens (including phenoxy) is 3. The smallest absolute Gasteiger partial charge is 0.257 e. The van der Waals surface area contributed by atoms with Gasteiger partial charge in [0.15, 0.2) is 22.7 Å². The molecule has 0 saturated carbocycles. The van der Waals surface area contributed by atoms with Crippen LogP contribution >= 0.6 is 11.3 Å². The highest BCUT2D eigenvalue weighted by atomic mass is 32.1. The second kappa shape index (κ2) is 8.53. The highest BCUT2D eigenvalue weighted by Gasteiger charge is 2.24. The predicted octanol–water partition coefficient (Wildman–Crippen LogP) is 4.94. The molecule has 7 heteroatoms. The Morgan fingerprint density at radius 3 is 2.72 bits per heavy atom. The number of nitrogens with one attached hydrogen (secondary N) is 1. The van der Waals surface area contributed by atoms with Gasteiger partial charge in [0.2, 0.25) is 0 Å². The number of hydrogen-bond acceptors (Lipinski definition) is 6. The molecule has 0 radical (unpaired) electrons. The minimum atomic E-state index is -0.302. The number of carbonyl (C=O) groups is 1. The van der Waals surface area contributed by atoms with Crippen molar-refractivity contribution in [1.29, 1.82) is 0 Å². The summed E-state index contributed by atoms with van der Waals surface area (Å²) in [6.45, 7) is 5.21. The average Bonchev–Trinajstić information content (AvgIpc) is 3.20. The van der Waals surface area contributed by atoms with Crippen LogP contribution in [0.2, 0.25) is 0 Å². The van der Waals surface area contributed by atoms with E-state index in [-0.39, 0.29) is 12.0 Å². The van der Waals surface area contributed by atoms with Crippen LogP contribution in [0.25, 0.3) is 0 Å². The van der Waals surface area contributed by atoms with E-state index in [0.717, 1.165) is 17.2 Å². The molecule has 0 aliphatic carbocycles. The molecule has 3 aromatic rings. The van der Waals surface area contributed by atoms with Crippen LogP contribution in [0.4, 0.5) is 5.13 Å². The zero-order valence-corrected chi connectivity index (χ0v) is 17.1. The van der Waals surface area contributed by atoms with Crippen LogP contribution in [-0.2, 0) is 0 Å². The zero-order chi connectivity index (χ0) is 20.2. The fourth-order valence-corrected chi connectivity index (χ4v) is 3.54. The first-order chi connectivity index (χ1) is 14.1. The predicted molar refractivity (Wildman–Crippen MR) is 112 cm³/mol. The number of amides is 1. The van der Waals surface area contributed by atoms with E-state index in [1.165, 1.54) is 11.3 Å². The van der Waals surface area contributed by atoms with Gasteiger partial charge in [-0.1, -0.05) is 26.0 Å². The molecule has 0 fully saturated rings. The summed E-state index contributed by atoms with van der Waals surface area (Å²) in [6, 6.07) is 14.6. The van der Waals surface area contributed by atoms with Gasteiger partial charge in [0.1, 0.15) is 12.4 Å². The van der Waals surface area contributed by atoms with Crippen LogP contribution in [0.15, 0.2) is 53.9 Å². The van der Waals surface area contributed by atoms with Crippen LogP contribution in [0.3, 0.4) is 0 Å². The van der Waals surface area contributed by atoms with Crippen molar-refractivity contribution >= 4 is 22.4 Å². The highest BCUT2D eigenvalue weighted by molar-refractivity contribution is 7.14. The number of nitrogens with zero attached hydrogens (tertiary/aromatic N) is 1. The van der Waals surface area contributed by atoms with Crippen molar-refractivity contribution in [2.45, 2.75) is 20.0 Å². The molecule has 1 aliphatic rings. The molecule has 2 heterocycles. The summed E-state index contributed by atoms with van der Waals surface area (Å²) >= 11 is 1.36. The Hall–Kier alpha value is -3.06. The van der Waals surface area contributed by atoms with Crippen molar-refractivity contribution < 1.29 is 19.0 Å². The molecule has 1 atom stereocenters. The van der Waals surface area contributed by atoms with Gasteiger partial charge >= 0.3 is 0 Å². The van der Waals surface area contributed by atoms with Crippen LogP contribution < -0.4 is 19.5 Å². The molecule has 6 nitrogen and oxygen atoms in total. The van der Waals surface area contributed by atoms with Crippen LogP contribution in [-0.4, -0.2) is 24.1 Å². The number of anilines is 1. The van der Waals surface area contributed by atoms with Gasteiger partial charge in [0, 0.05) is 10.9 Å². The van der Waals surface area contributed by atoms with E-state index in [0.29, 0.717) is 35.6 Å². The van der Waals surface area contributed by atoms with Gasteiger partial charge in [-0.05, 0) is 42.3 Å². The molecular formula is C22H22N2O4S. The molecule has 1 aromatic heterocycles. The molecule has 0 spiro atoms. The Labute approximate surface area is 173 Å². The van der Waals surface area contributed by atoms with E-state index in [2.05, 4.69) is 24.1 Å². The van der Waals surface area contributed by atoms with E-state index in [4.69, 9.17) is 14.2 Å². The topological polar surface area (TPSA) is 69.7 Å². The average molecular weight is 410 g/mol. The summed E-state index contributed by atoms with van der Waals surface area (Å²) in [5.41, 5.74) is 1.28. The minimum Gasteiger partial charge on any atom is -0.493 e. The maximum absolute atomic E-state index is 12.5. The first kappa shape index (κ1) is 19.3. The van der Waals surface area contributed by atoms with Gasteiger partial charge < -0.3 is 14.2 Å². The van der Waals surface area contributed by atoms with E-state index in [1.807, 2.05) is 29.6 Å². The summed E-state index contributed by atoms with van der Waals surface area (Å²) in [6.07, 6.45) is -0.302. The van der Waals surface area contributed by atoms with Crippen molar-refractivity contribution in [2.24, 2.45) is 5.92 Å². The molecule has 1 aliphatic heterocycles. The van der Waals surface area contributed by atoms with E-state index >= 15 is 0 Å². The Bertz CT molecular complexity index is 984. The van der Waals surface area contributed by atoms with Crippen molar-refractivity contribution in [2.75, 3.05) is 18.5 Å². The van der Waals surface area contributed by atoms with Gasteiger partial charge in [-0.25, -0.2) is 4.98 Å². The van der Waals surface area contributed by atoms with Crippen LogP contribution in [0, 0.1) is 5.92 Å². The quantitative estimate of drug-likeness (QED) is 0.623. The largest absolute Gasteiger partial charge is 0.493 e. The van der Waals surface area contributed by atoms with E-state index in [1.54, 1.807) is 24.3 Å². The standard InChI is InChI=1S/C22H22N2O4S/c1-14(2)11-26-16-9-7-15(8-10-16)21(25)24-22-23-17(13-29-22)20-12-27-18-5-3-4-6-19(18)28-20/h3-10,13-14,20H,11-12H2,1-2H3,(H,23,24,25)/t20-/m0/s1. The monoisotopic (exact) mass is 410 g/mol. The van der Waals surface area contributed by atoms with Crippen molar-refractivity contribution in [1.82, 2.24) is 4.98 Å². The Morgan fingerprint density at radius 2 is 1.97 bits per heavy atom.